The summed E-state index contributed by atoms with van der Waals surface area (Å²) in [6.45, 7) is 1.99. The van der Waals surface area contributed by atoms with Crippen molar-refractivity contribution in [2.24, 2.45) is 0 Å². The fraction of sp³-hybridized carbons (Fsp3) is 0.455. The molecule has 0 fully saturated rings. The van der Waals surface area contributed by atoms with E-state index in [0.29, 0.717) is 6.42 Å². The lowest BCUT2D eigenvalue weighted by atomic mass is 10.3. The Hall–Kier alpha value is -1.14. The fourth-order valence-electron chi connectivity index (χ4n) is 1.21. The molecule has 2 N–H and O–H groups in total. The first-order valence-corrected chi connectivity index (χ1v) is 6.13. The van der Waals surface area contributed by atoms with Crippen molar-refractivity contribution in [2.45, 2.75) is 26.0 Å². The molecule has 0 aromatic carbocycles. The molecule has 0 aliphatic carbocycles. The molecule has 6 heteroatoms. The van der Waals surface area contributed by atoms with Gasteiger partial charge in [0.2, 0.25) is 5.91 Å². The molecule has 1 aromatic heterocycles. The summed E-state index contributed by atoms with van der Waals surface area (Å²) < 4.78 is 2.04. The molecule has 0 aliphatic heterocycles. The van der Waals surface area contributed by atoms with Crippen molar-refractivity contribution in [3.63, 3.8) is 0 Å². The lowest BCUT2D eigenvalue weighted by molar-refractivity contribution is -0.122. The Kier molecular flexibility index (Phi) is 5.37. The lowest BCUT2D eigenvalue weighted by Crippen LogP contribution is -2.36. The van der Waals surface area contributed by atoms with Gasteiger partial charge in [-0.15, -0.1) is 0 Å². The van der Waals surface area contributed by atoms with Crippen LogP contribution in [0.3, 0.4) is 0 Å². The molecule has 1 atom stereocenters. The van der Waals surface area contributed by atoms with Crippen LogP contribution in [0.5, 0.6) is 0 Å². The molecule has 5 nitrogen and oxygen atoms in total. The summed E-state index contributed by atoms with van der Waals surface area (Å²) in [4.78, 5) is 22.9. The van der Waals surface area contributed by atoms with E-state index in [1.54, 1.807) is 12.3 Å². The van der Waals surface area contributed by atoms with Crippen LogP contribution >= 0.6 is 15.9 Å². The predicted molar refractivity (Wildman–Crippen MR) is 67.7 cm³/mol. The van der Waals surface area contributed by atoms with Gasteiger partial charge in [-0.1, -0.05) is 6.92 Å². The SMILES string of the molecule is CCC(O)CNC(=O)Cn1cc(Br)ccc1=O. The highest BCUT2D eigenvalue weighted by Gasteiger charge is 2.06. The molecule has 1 heterocycles. The van der Waals surface area contributed by atoms with E-state index in [0.717, 1.165) is 4.47 Å². The Labute approximate surface area is 108 Å². The third-order valence-electron chi connectivity index (χ3n) is 2.27. The minimum Gasteiger partial charge on any atom is -0.391 e. The molecule has 0 saturated heterocycles. The summed E-state index contributed by atoms with van der Waals surface area (Å²) >= 11 is 3.23. The van der Waals surface area contributed by atoms with Gasteiger partial charge in [0.15, 0.2) is 0 Å². The monoisotopic (exact) mass is 302 g/mol. The standard InChI is InChI=1S/C11H15BrN2O3/c1-2-9(15)5-13-10(16)7-14-6-8(12)3-4-11(14)17/h3-4,6,9,15H,2,5,7H2,1H3,(H,13,16). The van der Waals surface area contributed by atoms with E-state index < -0.39 is 6.10 Å². The predicted octanol–water partition coefficient (Wildman–Crippen LogP) is 0.498. The van der Waals surface area contributed by atoms with Gasteiger partial charge in [-0.2, -0.15) is 0 Å². The molecule has 0 spiro atoms. The number of rotatable bonds is 5. The van der Waals surface area contributed by atoms with Crippen LogP contribution in [0, 0.1) is 0 Å². The molecule has 94 valence electrons. The van der Waals surface area contributed by atoms with Crippen molar-refractivity contribution in [2.75, 3.05) is 6.54 Å². The van der Waals surface area contributed by atoms with Crippen LogP contribution in [0.4, 0.5) is 0 Å². The third kappa shape index (κ3) is 4.70. The first-order chi connectivity index (χ1) is 8.02. The molecule has 0 saturated carbocycles. The van der Waals surface area contributed by atoms with Crippen molar-refractivity contribution in [3.05, 3.63) is 33.2 Å². The number of halogens is 1. The number of aliphatic hydroxyl groups is 1. The van der Waals surface area contributed by atoms with Crippen molar-refractivity contribution in [3.8, 4) is 0 Å². The number of aliphatic hydroxyl groups excluding tert-OH is 1. The zero-order valence-corrected chi connectivity index (χ0v) is 11.1. The van der Waals surface area contributed by atoms with E-state index >= 15 is 0 Å². The maximum Gasteiger partial charge on any atom is 0.251 e. The smallest absolute Gasteiger partial charge is 0.251 e. The molecule has 17 heavy (non-hydrogen) atoms. The van der Waals surface area contributed by atoms with Crippen LogP contribution in [-0.2, 0) is 11.3 Å². The average molecular weight is 303 g/mol. The Morgan fingerprint density at radius 3 is 2.94 bits per heavy atom. The first-order valence-electron chi connectivity index (χ1n) is 5.33. The molecular weight excluding hydrogens is 288 g/mol. The minimum atomic E-state index is -0.543. The van der Waals surface area contributed by atoms with Crippen LogP contribution in [0.25, 0.3) is 0 Å². The second-order valence-corrected chi connectivity index (χ2v) is 4.60. The molecule has 1 unspecified atom stereocenters. The van der Waals surface area contributed by atoms with Crippen molar-refractivity contribution in [1.29, 1.82) is 0 Å². The van der Waals surface area contributed by atoms with E-state index in [-0.39, 0.29) is 24.6 Å². The first kappa shape index (κ1) is 13.9. The highest BCUT2D eigenvalue weighted by Crippen LogP contribution is 2.04. The van der Waals surface area contributed by atoms with Gasteiger partial charge in [0.25, 0.3) is 5.56 Å². The minimum absolute atomic E-state index is 0.0469. The average Bonchev–Trinajstić information content (AvgIpc) is 2.30. The number of hydrogen-bond donors (Lipinski definition) is 2. The largest absolute Gasteiger partial charge is 0.391 e. The third-order valence-corrected chi connectivity index (χ3v) is 2.74. The van der Waals surface area contributed by atoms with E-state index in [1.165, 1.54) is 10.6 Å². The molecule has 1 amide bonds. The summed E-state index contributed by atoms with van der Waals surface area (Å²) in [5, 5.41) is 11.8. The van der Waals surface area contributed by atoms with Gasteiger partial charge < -0.3 is 15.0 Å². The zero-order chi connectivity index (χ0) is 12.8. The van der Waals surface area contributed by atoms with Gasteiger partial charge in [0.05, 0.1) is 6.10 Å². The van der Waals surface area contributed by atoms with Gasteiger partial charge in [0, 0.05) is 23.3 Å². The normalized spacial score (nSPS) is 12.2. The molecule has 1 rings (SSSR count). The van der Waals surface area contributed by atoms with Crippen molar-refractivity contribution in [1.82, 2.24) is 9.88 Å². The Morgan fingerprint density at radius 2 is 2.29 bits per heavy atom. The highest BCUT2D eigenvalue weighted by molar-refractivity contribution is 9.10. The quantitative estimate of drug-likeness (QED) is 0.832. The van der Waals surface area contributed by atoms with E-state index in [9.17, 15) is 14.7 Å². The summed E-state index contributed by atoms with van der Waals surface area (Å²) in [5.41, 5.74) is -0.237. The van der Waals surface area contributed by atoms with Crippen LogP contribution < -0.4 is 10.9 Å². The van der Waals surface area contributed by atoms with Crippen LogP contribution in [0.2, 0.25) is 0 Å². The number of hydrogen-bond acceptors (Lipinski definition) is 3. The molecule has 0 bridgehead atoms. The Balaban J connectivity index is 2.56. The van der Waals surface area contributed by atoms with Crippen LogP contribution in [0.1, 0.15) is 13.3 Å². The summed E-state index contributed by atoms with van der Waals surface area (Å²) in [7, 11) is 0. The second kappa shape index (κ2) is 6.56. The number of carbonyl (C=O) groups excluding carboxylic acids is 1. The molecule has 1 aromatic rings. The molecule has 0 radical (unpaired) electrons. The maximum absolute atomic E-state index is 11.5. The highest BCUT2D eigenvalue weighted by atomic mass is 79.9. The molecule has 0 aliphatic rings. The van der Waals surface area contributed by atoms with E-state index in [2.05, 4.69) is 21.2 Å². The maximum atomic E-state index is 11.5. The number of nitrogens with zero attached hydrogens (tertiary/aromatic N) is 1. The number of pyridine rings is 1. The number of nitrogens with one attached hydrogen (secondary N) is 1. The van der Waals surface area contributed by atoms with E-state index in [4.69, 9.17) is 0 Å². The summed E-state index contributed by atoms with van der Waals surface area (Å²) in [5.74, 6) is -0.294. The number of carbonyl (C=O) groups is 1. The van der Waals surface area contributed by atoms with Crippen molar-refractivity contribution >= 4 is 21.8 Å². The van der Waals surface area contributed by atoms with Crippen LogP contribution in [-0.4, -0.2) is 28.2 Å². The summed E-state index contributed by atoms with van der Waals surface area (Å²) in [6.07, 6.45) is 1.59. The fourth-order valence-corrected chi connectivity index (χ4v) is 1.59. The van der Waals surface area contributed by atoms with Gasteiger partial charge in [0.1, 0.15) is 6.54 Å². The van der Waals surface area contributed by atoms with E-state index in [1.807, 2.05) is 6.92 Å². The van der Waals surface area contributed by atoms with Gasteiger partial charge in [-0.25, -0.2) is 0 Å². The summed E-state index contributed by atoms with van der Waals surface area (Å²) in [6, 6.07) is 3.01. The number of amides is 1. The van der Waals surface area contributed by atoms with Gasteiger partial charge >= 0.3 is 0 Å². The Morgan fingerprint density at radius 1 is 1.59 bits per heavy atom. The second-order valence-electron chi connectivity index (χ2n) is 3.68. The van der Waals surface area contributed by atoms with Gasteiger partial charge in [-0.05, 0) is 28.4 Å². The van der Waals surface area contributed by atoms with Gasteiger partial charge in [-0.3, -0.25) is 9.59 Å². The molecular formula is C11H15BrN2O3. The number of aromatic nitrogens is 1. The topological polar surface area (TPSA) is 71.3 Å². The lowest BCUT2D eigenvalue weighted by Gasteiger charge is -2.10. The Bertz CT molecular complexity index is 445. The van der Waals surface area contributed by atoms with Crippen molar-refractivity contribution < 1.29 is 9.90 Å². The zero-order valence-electron chi connectivity index (χ0n) is 9.52. The van der Waals surface area contributed by atoms with Crippen LogP contribution in [0.15, 0.2) is 27.6 Å².